The largest absolute Gasteiger partial charge is 0.342 e. The van der Waals surface area contributed by atoms with Crippen LogP contribution in [-0.4, -0.2) is 25.5 Å². The van der Waals surface area contributed by atoms with E-state index in [0.717, 1.165) is 28.1 Å². The average molecular weight is 359 g/mol. The number of pyridine rings is 2. The molecule has 0 saturated heterocycles. The Morgan fingerprint density at radius 3 is 2.67 bits per heavy atom. The number of nitrogens with one attached hydrogen (secondary N) is 1. The third kappa shape index (κ3) is 3.14. The van der Waals surface area contributed by atoms with Crippen molar-refractivity contribution in [3.05, 3.63) is 71.8 Å². The van der Waals surface area contributed by atoms with Crippen molar-refractivity contribution in [3.63, 3.8) is 0 Å². The number of carbonyl (C=O) groups is 1. The molecule has 1 amide bonds. The highest BCUT2D eigenvalue weighted by Crippen LogP contribution is 2.23. The van der Waals surface area contributed by atoms with Gasteiger partial charge in [0, 0.05) is 17.3 Å². The molecule has 136 valence electrons. The Bertz CT molecular complexity index is 1130. The van der Waals surface area contributed by atoms with Gasteiger partial charge < -0.3 is 5.32 Å². The van der Waals surface area contributed by atoms with E-state index < -0.39 is 0 Å². The van der Waals surface area contributed by atoms with Crippen LogP contribution in [0.5, 0.6) is 0 Å². The molecule has 1 atom stereocenters. The van der Waals surface area contributed by atoms with Crippen LogP contribution in [0.4, 0.5) is 0 Å². The maximum Gasteiger partial charge on any atom is 0.252 e. The normalized spacial score (nSPS) is 12.6. The first kappa shape index (κ1) is 17.1. The molecule has 6 heteroatoms. The first-order chi connectivity index (χ1) is 13.0. The lowest BCUT2D eigenvalue weighted by Gasteiger charge is -2.21. The molecule has 0 radical (unpaired) electrons. The first-order valence-electron chi connectivity index (χ1n) is 9.01. The van der Waals surface area contributed by atoms with Gasteiger partial charge in [0.25, 0.3) is 5.91 Å². The van der Waals surface area contributed by atoms with E-state index >= 15 is 0 Å². The zero-order valence-corrected chi connectivity index (χ0v) is 15.5. The predicted molar refractivity (Wildman–Crippen MR) is 105 cm³/mol. The minimum Gasteiger partial charge on any atom is -0.342 e. The molecule has 0 spiro atoms. The number of para-hydroxylation sites is 1. The third-order valence-corrected chi connectivity index (χ3v) is 4.66. The van der Waals surface area contributed by atoms with Gasteiger partial charge in [-0.15, -0.1) is 10.2 Å². The topological polar surface area (TPSA) is 72.2 Å². The highest BCUT2D eigenvalue weighted by Gasteiger charge is 2.25. The van der Waals surface area contributed by atoms with E-state index in [1.807, 2.05) is 66.1 Å². The SMILES string of the molecule is Cc1cc(C(=O)N[C@@H](c2nnc3ccccn23)C(C)C)c2ccccc2n1. The lowest BCUT2D eigenvalue weighted by Crippen LogP contribution is -2.33. The number of carbonyl (C=O) groups excluding carboxylic acids is 1. The van der Waals surface area contributed by atoms with E-state index in [1.54, 1.807) is 0 Å². The van der Waals surface area contributed by atoms with Gasteiger partial charge >= 0.3 is 0 Å². The van der Waals surface area contributed by atoms with Crippen LogP contribution in [0.3, 0.4) is 0 Å². The van der Waals surface area contributed by atoms with Crippen molar-refractivity contribution in [1.82, 2.24) is 24.9 Å². The number of hydrogen-bond donors (Lipinski definition) is 1. The number of rotatable bonds is 4. The van der Waals surface area contributed by atoms with Crippen LogP contribution in [-0.2, 0) is 0 Å². The molecule has 0 unspecified atom stereocenters. The van der Waals surface area contributed by atoms with Gasteiger partial charge in [0.2, 0.25) is 0 Å². The molecule has 4 rings (SSSR count). The first-order valence-corrected chi connectivity index (χ1v) is 9.01. The summed E-state index contributed by atoms with van der Waals surface area (Å²) < 4.78 is 1.92. The van der Waals surface area contributed by atoms with Crippen LogP contribution in [0.15, 0.2) is 54.7 Å². The van der Waals surface area contributed by atoms with E-state index in [9.17, 15) is 4.79 Å². The minimum atomic E-state index is -0.262. The molecule has 0 aliphatic heterocycles. The molecule has 1 aromatic carbocycles. The zero-order valence-electron chi connectivity index (χ0n) is 15.5. The summed E-state index contributed by atoms with van der Waals surface area (Å²) in [5, 5.41) is 12.5. The van der Waals surface area contributed by atoms with Gasteiger partial charge in [0.1, 0.15) is 0 Å². The van der Waals surface area contributed by atoms with E-state index in [2.05, 4.69) is 34.3 Å². The number of fused-ring (bicyclic) bond motifs is 2. The van der Waals surface area contributed by atoms with Gasteiger partial charge in [0.05, 0.1) is 17.1 Å². The number of nitrogens with zero attached hydrogens (tertiary/aromatic N) is 4. The molecule has 1 N–H and O–H groups in total. The fourth-order valence-corrected chi connectivity index (χ4v) is 3.32. The molecular formula is C21H21N5O. The fraction of sp³-hybridized carbons (Fsp3) is 0.238. The Balaban J connectivity index is 1.74. The van der Waals surface area contributed by atoms with E-state index in [1.165, 1.54) is 0 Å². The van der Waals surface area contributed by atoms with Gasteiger partial charge in [-0.2, -0.15) is 0 Å². The Hall–Kier alpha value is -3.28. The van der Waals surface area contributed by atoms with Crippen molar-refractivity contribution < 1.29 is 4.79 Å². The van der Waals surface area contributed by atoms with E-state index in [-0.39, 0.29) is 17.9 Å². The maximum absolute atomic E-state index is 13.2. The molecule has 0 saturated carbocycles. The minimum absolute atomic E-state index is 0.136. The number of amides is 1. The maximum atomic E-state index is 13.2. The molecule has 0 aliphatic carbocycles. The lowest BCUT2D eigenvalue weighted by molar-refractivity contribution is 0.0924. The summed E-state index contributed by atoms with van der Waals surface area (Å²) in [7, 11) is 0. The number of benzene rings is 1. The Morgan fingerprint density at radius 1 is 1.07 bits per heavy atom. The second kappa shape index (κ2) is 6.79. The van der Waals surface area contributed by atoms with Crippen LogP contribution < -0.4 is 5.32 Å². The van der Waals surface area contributed by atoms with Gasteiger partial charge in [-0.1, -0.05) is 38.1 Å². The van der Waals surface area contributed by atoms with Gasteiger partial charge in [-0.3, -0.25) is 14.2 Å². The Kier molecular flexibility index (Phi) is 4.32. The summed E-state index contributed by atoms with van der Waals surface area (Å²) in [6.45, 7) is 6.02. The quantitative estimate of drug-likeness (QED) is 0.603. The van der Waals surface area contributed by atoms with Crippen LogP contribution in [0.25, 0.3) is 16.6 Å². The van der Waals surface area contributed by atoms with E-state index in [4.69, 9.17) is 0 Å². The summed E-state index contributed by atoms with van der Waals surface area (Å²) in [6, 6.07) is 15.0. The van der Waals surface area contributed by atoms with Crippen molar-refractivity contribution in [3.8, 4) is 0 Å². The number of aromatic nitrogens is 4. The smallest absolute Gasteiger partial charge is 0.252 e. The van der Waals surface area contributed by atoms with Crippen molar-refractivity contribution in [1.29, 1.82) is 0 Å². The highest BCUT2D eigenvalue weighted by molar-refractivity contribution is 6.06. The van der Waals surface area contributed by atoms with Gasteiger partial charge in [-0.25, -0.2) is 0 Å². The van der Waals surface area contributed by atoms with Gasteiger partial charge in [0.15, 0.2) is 11.5 Å². The Morgan fingerprint density at radius 2 is 1.85 bits per heavy atom. The van der Waals surface area contributed by atoms with Crippen LogP contribution in [0, 0.1) is 12.8 Å². The zero-order chi connectivity index (χ0) is 19.0. The summed E-state index contributed by atoms with van der Waals surface area (Å²) in [4.78, 5) is 17.7. The summed E-state index contributed by atoms with van der Waals surface area (Å²) in [5.41, 5.74) is 3.01. The predicted octanol–water partition coefficient (Wildman–Crippen LogP) is 3.71. The average Bonchev–Trinajstić information content (AvgIpc) is 3.08. The van der Waals surface area contributed by atoms with Crippen LogP contribution >= 0.6 is 0 Å². The van der Waals surface area contributed by atoms with Crippen molar-refractivity contribution >= 4 is 22.5 Å². The van der Waals surface area contributed by atoms with Crippen LogP contribution in [0.1, 0.15) is 41.8 Å². The van der Waals surface area contributed by atoms with E-state index in [0.29, 0.717) is 5.56 Å². The van der Waals surface area contributed by atoms with Crippen LogP contribution in [0.2, 0.25) is 0 Å². The highest BCUT2D eigenvalue weighted by atomic mass is 16.1. The number of hydrogen-bond acceptors (Lipinski definition) is 4. The summed E-state index contributed by atoms with van der Waals surface area (Å²) in [6.07, 6.45) is 1.91. The molecule has 3 heterocycles. The lowest BCUT2D eigenvalue weighted by atomic mass is 10.0. The second-order valence-electron chi connectivity index (χ2n) is 7.01. The van der Waals surface area contributed by atoms with Crippen molar-refractivity contribution in [2.45, 2.75) is 26.8 Å². The molecule has 0 bridgehead atoms. The molecule has 3 aromatic heterocycles. The summed E-state index contributed by atoms with van der Waals surface area (Å²) in [5.74, 6) is 0.739. The van der Waals surface area contributed by atoms with Crippen molar-refractivity contribution in [2.75, 3.05) is 0 Å². The fourth-order valence-electron chi connectivity index (χ4n) is 3.32. The van der Waals surface area contributed by atoms with Crippen molar-refractivity contribution in [2.24, 2.45) is 5.92 Å². The molecule has 27 heavy (non-hydrogen) atoms. The molecule has 0 fully saturated rings. The molecule has 0 aliphatic rings. The Labute approximate surface area is 157 Å². The molecule has 4 aromatic rings. The molecular weight excluding hydrogens is 338 g/mol. The third-order valence-electron chi connectivity index (χ3n) is 4.66. The molecule has 6 nitrogen and oxygen atoms in total. The standard InChI is InChI=1S/C21H21N5O/c1-13(2)19(20-25-24-18-10-6-7-11-26(18)20)23-21(27)16-12-14(3)22-17-9-5-4-8-15(16)17/h4-13,19H,1-3H3,(H,23,27)/t19-/m1/s1. The number of aryl methyl sites for hydroxylation is 1. The summed E-state index contributed by atoms with van der Waals surface area (Å²) >= 11 is 0. The second-order valence-corrected chi connectivity index (χ2v) is 7.01. The monoisotopic (exact) mass is 359 g/mol. The van der Waals surface area contributed by atoms with Gasteiger partial charge in [-0.05, 0) is 37.1 Å².